The van der Waals surface area contributed by atoms with Gasteiger partial charge in [0.2, 0.25) is 0 Å². The number of aliphatic imine (C=N–C) groups is 1. The number of hydrogen-bond acceptors (Lipinski definition) is 4. The molecular weight excluding hydrogens is 298 g/mol. The van der Waals surface area contributed by atoms with Crippen molar-refractivity contribution in [2.45, 2.75) is 64.5 Å². The molecule has 1 aliphatic heterocycles. The Hall–Kier alpha value is -0.550. The Kier molecular flexibility index (Phi) is 4.60. The molecule has 1 saturated carbocycles. The van der Waals surface area contributed by atoms with Crippen LogP contribution in [-0.2, 0) is 6.42 Å². The number of rotatable bonds is 3. The van der Waals surface area contributed by atoms with Crippen molar-refractivity contribution in [2.24, 2.45) is 10.9 Å². The molecular formula is C16H25N3S2. The fourth-order valence-corrected chi connectivity index (χ4v) is 5.51. The molecule has 3 unspecified atom stereocenters. The summed E-state index contributed by atoms with van der Waals surface area (Å²) in [5.41, 5.74) is 0.318. The van der Waals surface area contributed by atoms with Crippen LogP contribution in [0.25, 0.3) is 0 Å². The van der Waals surface area contributed by atoms with E-state index in [9.17, 15) is 0 Å². The number of nitrogens with one attached hydrogen (secondary N) is 1. The van der Waals surface area contributed by atoms with Crippen LogP contribution in [0, 0.1) is 5.92 Å². The summed E-state index contributed by atoms with van der Waals surface area (Å²) >= 11 is 3.70. The van der Waals surface area contributed by atoms with Crippen molar-refractivity contribution in [2.75, 3.05) is 5.75 Å². The molecule has 2 aliphatic rings. The maximum Gasteiger partial charge on any atom is 0.157 e. The van der Waals surface area contributed by atoms with Gasteiger partial charge in [0.05, 0.1) is 0 Å². The first-order valence-electron chi connectivity index (χ1n) is 8.03. The summed E-state index contributed by atoms with van der Waals surface area (Å²) in [5.74, 6) is 2.02. The highest BCUT2D eigenvalue weighted by molar-refractivity contribution is 8.14. The number of thioether (sulfide) groups is 1. The number of hydrogen-bond donors (Lipinski definition) is 1. The monoisotopic (exact) mass is 323 g/mol. The summed E-state index contributed by atoms with van der Waals surface area (Å²) in [5, 5.41) is 6.02. The van der Waals surface area contributed by atoms with Crippen molar-refractivity contribution >= 4 is 28.3 Å². The zero-order chi connectivity index (χ0) is 14.9. The average molecular weight is 324 g/mol. The Labute approximate surface area is 136 Å². The van der Waals surface area contributed by atoms with Gasteiger partial charge in [-0.05, 0) is 32.1 Å². The molecule has 21 heavy (non-hydrogen) atoms. The van der Waals surface area contributed by atoms with Crippen molar-refractivity contribution < 1.29 is 0 Å². The lowest BCUT2D eigenvalue weighted by Gasteiger charge is -2.36. The van der Waals surface area contributed by atoms with Crippen LogP contribution in [0.3, 0.4) is 0 Å². The van der Waals surface area contributed by atoms with Gasteiger partial charge >= 0.3 is 0 Å². The van der Waals surface area contributed by atoms with Gasteiger partial charge < -0.3 is 5.32 Å². The Morgan fingerprint density at radius 2 is 2.43 bits per heavy atom. The van der Waals surface area contributed by atoms with Crippen LogP contribution in [0.5, 0.6) is 0 Å². The highest BCUT2D eigenvalue weighted by Gasteiger charge is 2.40. The molecule has 2 heterocycles. The quantitative estimate of drug-likeness (QED) is 0.895. The predicted molar refractivity (Wildman–Crippen MR) is 93.3 cm³/mol. The van der Waals surface area contributed by atoms with Crippen molar-refractivity contribution in [3.8, 4) is 0 Å². The lowest BCUT2D eigenvalue weighted by atomic mass is 9.78. The molecule has 116 valence electrons. The summed E-state index contributed by atoms with van der Waals surface area (Å²) in [7, 11) is 0. The van der Waals surface area contributed by atoms with Gasteiger partial charge in [-0.1, -0.05) is 38.5 Å². The van der Waals surface area contributed by atoms with E-state index in [4.69, 9.17) is 4.99 Å². The van der Waals surface area contributed by atoms with Gasteiger partial charge in [-0.25, -0.2) is 4.98 Å². The zero-order valence-electron chi connectivity index (χ0n) is 13.2. The van der Waals surface area contributed by atoms with Crippen molar-refractivity contribution in [3.05, 3.63) is 16.1 Å². The third kappa shape index (κ3) is 3.45. The molecule has 3 rings (SSSR count). The largest absolute Gasteiger partial charge is 0.359 e. The van der Waals surface area contributed by atoms with E-state index in [1.165, 1.54) is 36.3 Å². The van der Waals surface area contributed by atoms with Crippen LogP contribution in [0.4, 0.5) is 0 Å². The van der Waals surface area contributed by atoms with Crippen LogP contribution < -0.4 is 5.32 Å². The summed E-state index contributed by atoms with van der Waals surface area (Å²) in [6, 6.07) is 0.168. The summed E-state index contributed by atoms with van der Waals surface area (Å²) in [6.45, 7) is 6.71. The lowest BCUT2D eigenvalue weighted by molar-refractivity contribution is 0.242. The van der Waals surface area contributed by atoms with E-state index in [-0.39, 0.29) is 6.04 Å². The minimum Gasteiger partial charge on any atom is -0.359 e. The van der Waals surface area contributed by atoms with Crippen molar-refractivity contribution in [1.29, 1.82) is 0 Å². The van der Waals surface area contributed by atoms with E-state index in [2.05, 4.69) is 31.1 Å². The molecule has 1 N–H and O–H groups in total. The molecule has 0 aromatic carbocycles. The average Bonchev–Trinajstić information content (AvgIpc) is 3.06. The second-order valence-corrected chi connectivity index (χ2v) is 8.63. The normalized spacial score (nSPS) is 32.5. The summed E-state index contributed by atoms with van der Waals surface area (Å²) in [6.07, 6.45) is 8.39. The molecule has 1 saturated heterocycles. The molecule has 1 aromatic heterocycles. The Morgan fingerprint density at radius 3 is 3.14 bits per heavy atom. The fraction of sp³-hybridized carbons (Fsp3) is 0.750. The van der Waals surface area contributed by atoms with Gasteiger partial charge in [-0.15, -0.1) is 11.3 Å². The first-order chi connectivity index (χ1) is 10.1. The third-order valence-corrected chi connectivity index (χ3v) is 7.03. The van der Waals surface area contributed by atoms with Crippen LogP contribution in [-0.4, -0.2) is 21.4 Å². The van der Waals surface area contributed by atoms with E-state index >= 15 is 0 Å². The molecule has 1 aliphatic carbocycles. The van der Waals surface area contributed by atoms with E-state index in [1.807, 2.05) is 18.0 Å². The van der Waals surface area contributed by atoms with Crippen molar-refractivity contribution in [1.82, 2.24) is 10.3 Å². The van der Waals surface area contributed by atoms with Gasteiger partial charge in [-0.2, -0.15) is 0 Å². The van der Waals surface area contributed by atoms with E-state index in [1.54, 1.807) is 11.3 Å². The zero-order valence-corrected chi connectivity index (χ0v) is 14.8. The third-order valence-electron chi connectivity index (χ3n) is 4.54. The van der Waals surface area contributed by atoms with E-state index < -0.39 is 0 Å². The topological polar surface area (TPSA) is 37.3 Å². The Balaban J connectivity index is 1.67. The molecule has 0 bridgehead atoms. The van der Waals surface area contributed by atoms with E-state index in [0.29, 0.717) is 5.54 Å². The summed E-state index contributed by atoms with van der Waals surface area (Å²) < 4.78 is 0. The molecule has 0 amide bonds. The number of nitrogens with zero attached hydrogens (tertiary/aromatic N) is 2. The smallest absolute Gasteiger partial charge is 0.157 e. The lowest BCUT2D eigenvalue weighted by Crippen LogP contribution is -2.47. The van der Waals surface area contributed by atoms with Gasteiger partial charge in [0.1, 0.15) is 11.0 Å². The minimum absolute atomic E-state index is 0.168. The highest BCUT2D eigenvalue weighted by atomic mass is 32.2. The number of aryl methyl sites for hydroxylation is 1. The van der Waals surface area contributed by atoms with Gasteiger partial charge in [0, 0.05) is 22.4 Å². The molecule has 2 fully saturated rings. The highest BCUT2D eigenvalue weighted by Crippen LogP contribution is 2.39. The molecule has 1 spiro atoms. The van der Waals surface area contributed by atoms with Crippen LogP contribution in [0.1, 0.15) is 62.4 Å². The van der Waals surface area contributed by atoms with Crippen LogP contribution >= 0.6 is 23.1 Å². The number of aromatic nitrogens is 1. The Morgan fingerprint density at radius 1 is 1.57 bits per heavy atom. The van der Waals surface area contributed by atoms with Gasteiger partial charge in [0.15, 0.2) is 5.17 Å². The van der Waals surface area contributed by atoms with Crippen molar-refractivity contribution in [3.63, 3.8) is 0 Å². The molecule has 1 aromatic rings. The minimum atomic E-state index is 0.168. The standard InChI is InChI=1S/C16H25N3S2/c1-4-13-9-17-14(21-13)12(3)18-15-19-16(10-20-15)7-5-6-11(2)8-16/h9,11-12H,4-8,10H2,1-3H3,(H,18,19). The second kappa shape index (κ2) is 6.29. The molecule has 3 nitrogen and oxygen atoms in total. The maximum atomic E-state index is 4.88. The Bertz CT molecular complexity index is 525. The van der Waals surface area contributed by atoms with Crippen LogP contribution in [0.15, 0.2) is 11.2 Å². The fourth-order valence-electron chi connectivity index (χ4n) is 3.39. The molecule has 0 radical (unpaired) electrons. The summed E-state index contributed by atoms with van der Waals surface area (Å²) in [4.78, 5) is 10.8. The molecule has 5 heteroatoms. The maximum absolute atomic E-state index is 4.88. The van der Waals surface area contributed by atoms with Gasteiger partial charge in [0.25, 0.3) is 0 Å². The predicted octanol–water partition coefficient (Wildman–Crippen LogP) is 4.41. The first kappa shape index (κ1) is 15.3. The van der Waals surface area contributed by atoms with Crippen LogP contribution in [0.2, 0.25) is 0 Å². The second-order valence-electron chi connectivity index (χ2n) is 6.52. The number of amidine groups is 1. The first-order valence-corrected chi connectivity index (χ1v) is 9.84. The van der Waals surface area contributed by atoms with Gasteiger partial charge in [-0.3, -0.25) is 4.99 Å². The number of thiazole rings is 1. The molecule has 3 atom stereocenters. The SMILES string of the molecule is CCc1cnc(C(C)N=C2NC3(CCCC(C)C3)CS2)s1. The van der Waals surface area contributed by atoms with E-state index in [0.717, 1.165) is 22.5 Å².